The summed E-state index contributed by atoms with van der Waals surface area (Å²) in [5.74, 6) is 1.26. The van der Waals surface area contributed by atoms with Gasteiger partial charge in [-0.05, 0) is 116 Å². The van der Waals surface area contributed by atoms with Crippen LogP contribution in [0.25, 0.3) is 6.08 Å². The molecular weight excluding hydrogens is 1060 g/mol. The number of rotatable bonds is 27. The largest absolute Gasteiger partial charge is 0.493 e. The van der Waals surface area contributed by atoms with E-state index in [2.05, 4.69) is 49.1 Å². The number of benzene rings is 5. The molecule has 79 heavy (non-hydrogen) atoms. The highest BCUT2D eigenvalue weighted by Gasteiger charge is 2.38. The number of ketones is 1. The lowest BCUT2D eigenvalue weighted by molar-refractivity contribution is -0.121. The van der Waals surface area contributed by atoms with Crippen molar-refractivity contribution < 1.29 is 51.6 Å². The average molecular weight is 1130 g/mol. The predicted molar refractivity (Wildman–Crippen MR) is 317 cm³/mol. The zero-order valence-corrected chi connectivity index (χ0v) is 48.4. The number of ether oxygens (including phenoxy) is 6. The van der Waals surface area contributed by atoms with Crippen LogP contribution in [0.1, 0.15) is 88.2 Å². The highest BCUT2D eigenvalue weighted by Crippen LogP contribution is 2.43. The van der Waals surface area contributed by atoms with Crippen molar-refractivity contribution in [2.24, 2.45) is 10.9 Å². The number of carbonyl (C=O) groups excluding carboxylic acids is 3. The number of fused-ring (bicyclic) bond motifs is 8. The SMILES string of the molecule is COCCOCCOCCN(CC(C)(C)SSCCC(C(=O)C(C)C)S(=O)O)c1cc(COc2cc3c(cc2C)C(=O)N2c4ccccc4C[C@H]2C=C3)cc(COc2cc3c(cc2OC)C(=O)N2c4ccccc4C[C@H]2C=N3)c1. The minimum Gasteiger partial charge on any atom is -0.493 e. The number of nitrogens with zero attached hydrogens (tertiary/aromatic N) is 4. The molecule has 0 bridgehead atoms. The van der Waals surface area contributed by atoms with Crippen LogP contribution in [0.3, 0.4) is 0 Å². The minimum absolute atomic E-state index is 0.0354. The Morgan fingerprint density at radius 2 is 1.43 bits per heavy atom. The second-order valence-electron chi connectivity index (χ2n) is 21.0. The fourth-order valence-electron chi connectivity index (χ4n) is 10.5. The molecule has 2 amide bonds. The zero-order valence-electron chi connectivity index (χ0n) is 45.9. The third-order valence-electron chi connectivity index (χ3n) is 14.4. The van der Waals surface area contributed by atoms with E-state index in [-0.39, 0.29) is 60.0 Å². The number of aryl methyl sites for hydroxylation is 1. The highest BCUT2D eigenvalue weighted by atomic mass is 33.1. The van der Waals surface area contributed by atoms with Crippen molar-refractivity contribution in [3.63, 3.8) is 0 Å². The molecular formula is C61H70N4O11S3. The van der Waals surface area contributed by atoms with Crippen LogP contribution < -0.4 is 28.9 Å². The predicted octanol–water partition coefficient (Wildman–Crippen LogP) is 10.9. The molecule has 0 aromatic heterocycles. The van der Waals surface area contributed by atoms with E-state index in [1.807, 2.05) is 83.6 Å². The van der Waals surface area contributed by atoms with Crippen molar-refractivity contribution in [1.29, 1.82) is 0 Å². The number of amides is 2. The van der Waals surface area contributed by atoms with Crippen molar-refractivity contribution in [2.75, 3.05) is 80.8 Å². The molecule has 0 fully saturated rings. The smallest absolute Gasteiger partial charge is 0.261 e. The Bertz CT molecular complexity index is 3130. The maximum atomic E-state index is 14.2. The van der Waals surface area contributed by atoms with Crippen LogP contribution in [0.5, 0.6) is 17.2 Å². The lowest BCUT2D eigenvalue weighted by atomic mass is 10.0. The Morgan fingerprint density at radius 3 is 2.10 bits per heavy atom. The van der Waals surface area contributed by atoms with E-state index in [1.54, 1.807) is 61.8 Å². The summed E-state index contributed by atoms with van der Waals surface area (Å²) >= 11 is -2.26. The molecule has 15 nitrogen and oxygen atoms in total. The Hall–Kier alpha value is -5.99. The van der Waals surface area contributed by atoms with Gasteiger partial charge in [0.1, 0.15) is 24.2 Å². The van der Waals surface area contributed by atoms with Gasteiger partial charge in [0.15, 0.2) is 28.4 Å². The minimum atomic E-state index is -2.26. The molecule has 18 heteroatoms. The van der Waals surface area contributed by atoms with E-state index in [9.17, 15) is 23.1 Å². The van der Waals surface area contributed by atoms with E-state index in [0.29, 0.717) is 92.4 Å². The van der Waals surface area contributed by atoms with Crippen molar-refractivity contribution in [3.05, 3.63) is 142 Å². The third kappa shape index (κ3) is 13.6. The Morgan fingerprint density at radius 1 is 0.797 bits per heavy atom. The van der Waals surface area contributed by atoms with Gasteiger partial charge < -0.3 is 42.8 Å². The van der Waals surface area contributed by atoms with E-state index >= 15 is 0 Å². The summed E-state index contributed by atoms with van der Waals surface area (Å²) in [6.07, 6.45) is 7.71. The maximum absolute atomic E-state index is 14.2. The lowest BCUT2D eigenvalue weighted by Crippen LogP contribution is -2.38. The van der Waals surface area contributed by atoms with Crippen molar-refractivity contribution in [1.82, 2.24) is 0 Å². The summed E-state index contributed by atoms with van der Waals surface area (Å²) in [5.41, 5.74) is 9.86. The molecule has 1 N–H and O–H groups in total. The molecule has 4 atom stereocenters. The lowest BCUT2D eigenvalue weighted by Gasteiger charge is -2.34. The van der Waals surface area contributed by atoms with Crippen LogP contribution in [0.2, 0.25) is 0 Å². The number of hydrogen-bond acceptors (Lipinski definition) is 14. The monoisotopic (exact) mass is 1130 g/mol. The van der Waals surface area contributed by atoms with Crippen LogP contribution in [0, 0.1) is 12.8 Å². The van der Waals surface area contributed by atoms with Gasteiger partial charge in [0.25, 0.3) is 11.8 Å². The molecule has 0 aliphatic carbocycles. The first-order valence-electron chi connectivity index (χ1n) is 26.8. The van der Waals surface area contributed by atoms with E-state index in [4.69, 9.17) is 33.4 Å². The molecule has 2 unspecified atom stereocenters. The number of methoxy groups -OCH3 is 2. The number of carbonyl (C=O) groups is 3. The fourth-order valence-corrected chi connectivity index (χ4v) is 14.0. The van der Waals surface area contributed by atoms with Gasteiger partial charge in [-0.2, -0.15) is 0 Å². The van der Waals surface area contributed by atoms with Crippen molar-refractivity contribution in [2.45, 2.75) is 89.2 Å². The Kier molecular flexibility index (Phi) is 19.0. The summed E-state index contributed by atoms with van der Waals surface area (Å²) in [7, 11) is 6.44. The number of aliphatic imine (C=N–C) groups is 1. The normalized spacial score (nSPS) is 16.8. The highest BCUT2D eigenvalue weighted by molar-refractivity contribution is 8.77. The van der Waals surface area contributed by atoms with Gasteiger partial charge in [-0.1, -0.05) is 84.0 Å². The van der Waals surface area contributed by atoms with Crippen molar-refractivity contribution in [3.8, 4) is 17.2 Å². The van der Waals surface area contributed by atoms with Crippen LogP contribution in [-0.4, -0.2) is 121 Å². The molecule has 4 heterocycles. The van der Waals surface area contributed by atoms with Gasteiger partial charge in [-0.3, -0.25) is 24.3 Å². The molecule has 4 aliphatic rings. The van der Waals surface area contributed by atoms with Crippen LogP contribution >= 0.6 is 21.6 Å². The molecule has 0 spiro atoms. The molecule has 5 aromatic rings. The molecule has 5 aromatic carbocycles. The van der Waals surface area contributed by atoms with E-state index in [0.717, 1.165) is 56.9 Å². The van der Waals surface area contributed by atoms with Crippen LogP contribution in [0.15, 0.2) is 102 Å². The first-order chi connectivity index (χ1) is 38.1. The summed E-state index contributed by atoms with van der Waals surface area (Å²) < 4.78 is 58.0. The second-order valence-corrected chi connectivity index (χ2v) is 25.3. The summed E-state index contributed by atoms with van der Waals surface area (Å²) in [6, 6.07) is 29.4. The van der Waals surface area contributed by atoms with Gasteiger partial charge in [-0.15, -0.1) is 0 Å². The maximum Gasteiger partial charge on any atom is 0.261 e. The van der Waals surface area contributed by atoms with Crippen molar-refractivity contribution >= 4 is 85.3 Å². The molecule has 0 saturated carbocycles. The van der Waals surface area contributed by atoms with Crippen LogP contribution in [0.4, 0.5) is 22.7 Å². The standard InChI is InChI=1S/C61H70N4O11S3/c1-39(2)58(66)57(79(69)70)18-25-77-78-61(4,5)38-63(19-20-73-23-24-74-22-21-71-6)47-28-41(36-75-54-32-43-16-17-46-30-44-12-8-10-14-52(44)64(46)59(67)49(43)26-40(54)3)27-42(29-47)37-76-56-34-51-50(33-55(56)72-7)60(68)65-48(35-62-51)31-45-13-9-11-15-53(45)65/h8-17,26-29,32-35,39,46,48,57H,18-25,30-31,36-38H2,1-7H3,(H,69,70)/t46-,48+,57?/m1/s1. The Balaban J connectivity index is 0.996. The molecule has 418 valence electrons. The first-order valence-corrected chi connectivity index (χ1v) is 30.3. The topological polar surface area (TPSA) is 166 Å². The van der Waals surface area contributed by atoms with Crippen LogP contribution in [-0.2, 0) is 56.1 Å². The number of para-hydroxylation sites is 2. The number of hydrogen-bond donors (Lipinski definition) is 1. The zero-order chi connectivity index (χ0) is 55.8. The quantitative estimate of drug-likeness (QED) is 0.0300. The van der Waals surface area contributed by atoms with Gasteiger partial charge in [0.05, 0.1) is 63.5 Å². The van der Waals surface area contributed by atoms with Gasteiger partial charge in [0, 0.05) is 77.9 Å². The first kappa shape index (κ1) is 57.7. The third-order valence-corrected chi connectivity index (χ3v) is 18.6. The summed E-state index contributed by atoms with van der Waals surface area (Å²) in [4.78, 5) is 52.1. The van der Waals surface area contributed by atoms with Gasteiger partial charge >= 0.3 is 0 Å². The summed E-state index contributed by atoms with van der Waals surface area (Å²) in [5, 5.41) is -0.935. The van der Waals surface area contributed by atoms with Gasteiger partial charge in [-0.25, -0.2) is 4.21 Å². The molecule has 0 saturated heterocycles. The molecule has 9 rings (SSSR count). The number of anilines is 3. The van der Waals surface area contributed by atoms with Gasteiger partial charge in [0.2, 0.25) is 0 Å². The van der Waals surface area contributed by atoms with E-state index in [1.165, 1.54) is 0 Å². The molecule has 0 radical (unpaired) electrons. The fraction of sp³-hybridized carbons (Fsp3) is 0.410. The Labute approximate surface area is 474 Å². The molecule has 4 aliphatic heterocycles. The number of Topliss-reactive ketones (excluding diaryl/α,β-unsaturated/α-hetero) is 1. The average Bonchev–Trinajstić information content (AvgIpc) is 4.19. The van der Waals surface area contributed by atoms with E-state index < -0.39 is 16.3 Å². The second kappa shape index (κ2) is 26.1. The summed E-state index contributed by atoms with van der Waals surface area (Å²) in [6.45, 7) is 13.4.